The maximum Gasteiger partial charge on any atom is 0.417 e. The topological polar surface area (TPSA) is 86.4 Å². The molecule has 2 amide bonds. The second-order valence-corrected chi connectivity index (χ2v) is 7.80. The fourth-order valence-electron chi connectivity index (χ4n) is 3.66. The molecule has 0 radical (unpaired) electrons. The number of aromatic amines is 1. The summed E-state index contributed by atoms with van der Waals surface area (Å²) in [4.78, 5) is 47.0. The Balaban J connectivity index is 1.59. The van der Waals surface area contributed by atoms with Crippen LogP contribution in [0.3, 0.4) is 0 Å². The van der Waals surface area contributed by atoms with Gasteiger partial charge in [0.15, 0.2) is 0 Å². The zero-order chi connectivity index (χ0) is 23.2. The molecule has 2 aromatic carbocycles. The molecule has 0 bridgehead atoms. The number of H-pyrrole nitrogens is 1. The summed E-state index contributed by atoms with van der Waals surface area (Å²) in [5.74, 6) is -1.01. The summed E-state index contributed by atoms with van der Waals surface area (Å²) < 4.78 is 39.6. The number of para-hydroxylation sites is 1. The highest BCUT2D eigenvalue weighted by Crippen LogP contribution is 2.38. The molecule has 1 saturated heterocycles. The summed E-state index contributed by atoms with van der Waals surface area (Å²) in [7, 11) is 1.57. The molecule has 0 unspecified atom stereocenters. The highest BCUT2D eigenvalue weighted by atomic mass is 35.5. The van der Waals surface area contributed by atoms with Crippen molar-refractivity contribution in [1.29, 1.82) is 0 Å². The third-order valence-corrected chi connectivity index (χ3v) is 5.56. The minimum Gasteiger partial charge on any atom is -0.309 e. The second kappa shape index (κ2) is 8.03. The van der Waals surface area contributed by atoms with Crippen LogP contribution in [0.2, 0.25) is 5.02 Å². The van der Waals surface area contributed by atoms with E-state index >= 15 is 0 Å². The standard InChI is InChI=1S/C21H16ClF3N4O3/c1-28(10-17-26-15-5-3-2-4-12(15)19(31)27-17)16-9-18(30)29(20(16)32)11-6-7-14(22)13(8-11)21(23,24)25/h2-8,16H,9-10H2,1H3,(H,26,27,31)/t16-/m1/s1. The minimum atomic E-state index is -4.73. The molecule has 166 valence electrons. The quantitative estimate of drug-likeness (QED) is 0.598. The Kier molecular flexibility index (Phi) is 5.51. The summed E-state index contributed by atoms with van der Waals surface area (Å²) in [5.41, 5.74) is -1.19. The number of likely N-dealkylation sites (N-methyl/N-ethyl adjacent to an activating group) is 1. The summed E-state index contributed by atoms with van der Waals surface area (Å²) in [5, 5.41) is -0.110. The van der Waals surface area contributed by atoms with Gasteiger partial charge in [-0.2, -0.15) is 13.2 Å². The van der Waals surface area contributed by atoms with Crippen molar-refractivity contribution in [2.24, 2.45) is 0 Å². The van der Waals surface area contributed by atoms with Crippen LogP contribution in [0.25, 0.3) is 10.9 Å². The molecule has 2 heterocycles. The van der Waals surface area contributed by atoms with Crippen LogP contribution < -0.4 is 10.5 Å². The van der Waals surface area contributed by atoms with E-state index in [-0.39, 0.29) is 24.2 Å². The highest BCUT2D eigenvalue weighted by Gasteiger charge is 2.43. The number of amides is 2. The first-order chi connectivity index (χ1) is 15.1. The summed E-state index contributed by atoms with van der Waals surface area (Å²) in [6.45, 7) is 0.0476. The van der Waals surface area contributed by atoms with E-state index in [0.717, 1.165) is 11.0 Å². The molecule has 11 heteroatoms. The fraction of sp³-hybridized carbons (Fsp3) is 0.238. The number of halogens is 4. The lowest BCUT2D eigenvalue weighted by Gasteiger charge is -2.23. The van der Waals surface area contributed by atoms with E-state index in [2.05, 4.69) is 9.97 Å². The monoisotopic (exact) mass is 464 g/mol. The molecule has 4 rings (SSSR count). The molecule has 1 atom stereocenters. The van der Waals surface area contributed by atoms with Gasteiger partial charge in [-0.05, 0) is 37.4 Å². The Bertz CT molecular complexity index is 1290. The smallest absolute Gasteiger partial charge is 0.309 e. The lowest BCUT2D eigenvalue weighted by atomic mass is 10.1. The van der Waals surface area contributed by atoms with Gasteiger partial charge in [-0.1, -0.05) is 23.7 Å². The van der Waals surface area contributed by atoms with Crippen molar-refractivity contribution in [2.75, 3.05) is 11.9 Å². The third kappa shape index (κ3) is 3.98. The summed E-state index contributed by atoms with van der Waals surface area (Å²) in [6, 6.07) is 8.71. The molecule has 1 N–H and O–H groups in total. The number of carbonyl (C=O) groups excluding carboxylic acids is 2. The molecule has 0 aliphatic carbocycles. The number of rotatable bonds is 4. The molecule has 1 aromatic heterocycles. The molecule has 32 heavy (non-hydrogen) atoms. The van der Waals surface area contributed by atoms with Gasteiger partial charge in [-0.3, -0.25) is 19.3 Å². The van der Waals surface area contributed by atoms with E-state index < -0.39 is 34.6 Å². The van der Waals surface area contributed by atoms with Crippen molar-refractivity contribution in [1.82, 2.24) is 14.9 Å². The van der Waals surface area contributed by atoms with Crippen molar-refractivity contribution in [2.45, 2.75) is 25.2 Å². The number of fused-ring (bicyclic) bond motifs is 1. The van der Waals surface area contributed by atoms with Gasteiger partial charge >= 0.3 is 6.18 Å². The van der Waals surface area contributed by atoms with Gasteiger partial charge in [0, 0.05) is 0 Å². The minimum absolute atomic E-state index is 0.0476. The highest BCUT2D eigenvalue weighted by molar-refractivity contribution is 6.31. The van der Waals surface area contributed by atoms with Gasteiger partial charge in [0.25, 0.3) is 11.5 Å². The maximum atomic E-state index is 13.2. The molecule has 0 spiro atoms. The zero-order valence-corrected chi connectivity index (χ0v) is 17.4. The van der Waals surface area contributed by atoms with Crippen LogP contribution >= 0.6 is 11.6 Å². The molecule has 0 saturated carbocycles. The lowest BCUT2D eigenvalue weighted by Crippen LogP contribution is -2.40. The average Bonchev–Trinajstić information content (AvgIpc) is 3.02. The Morgan fingerprint density at radius 1 is 1.19 bits per heavy atom. The predicted molar refractivity (Wildman–Crippen MR) is 111 cm³/mol. The number of hydrogen-bond donors (Lipinski definition) is 1. The average molecular weight is 465 g/mol. The molecular weight excluding hydrogens is 449 g/mol. The van der Waals surface area contributed by atoms with E-state index in [1.165, 1.54) is 11.0 Å². The van der Waals surface area contributed by atoms with Gasteiger partial charge < -0.3 is 4.98 Å². The fourth-order valence-corrected chi connectivity index (χ4v) is 3.88. The molecule has 7 nitrogen and oxygen atoms in total. The van der Waals surface area contributed by atoms with Crippen LogP contribution in [0.15, 0.2) is 47.3 Å². The van der Waals surface area contributed by atoms with Gasteiger partial charge in [-0.15, -0.1) is 0 Å². The molecule has 1 fully saturated rings. The van der Waals surface area contributed by atoms with Crippen molar-refractivity contribution in [3.8, 4) is 0 Å². The number of hydrogen-bond acceptors (Lipinski definition) is 5. The van der Waals surface area contributed by atoms with Crippen LogP contribution in [0.1, 0.15) is 17.8 Å². The number of anilines is 1. The number of benzene rings is 2. The molecular formula is C21H16ClF3N4O3. The number of aromatic nitrogens is 2. The largest absolute Gasteiger partial charge is 0.417 e. The van der Waals surface area contributed by atoms with Gasteiger partial charge in [-0.25, -0.2) is 9.88 Å². The second-order valence-electron chi connectivity index (χ2n) is 7.39. The van der Waals surface area contributed by atoms with Crippen molar-refractivity contribution < 1.29 is 22.8 Å². The van der Waals surface area contributed by atoms with Gasteiger partial charge in [0.05, 0.1) is 46.2 Å². The van der Waals surface area contributed by atoms with Crippen LogP contribution in [0, 0.1) is 0 Å². The normalized spacial score (nSPS) is 17.1. The van der Waals surface area contributed by atoms with Crippen LogP contribution in [0.4, 0.5) is 18.9 Å². The summed E-state index contributed by atoms with van der Waals surface area (Å²) in [6.07, 6.45) is -4.96. The summed E-state index contributed by atoms with van der Waals surface area (Å²) >= 11 is 5.63. The number of nitrogens with zero attached hydrogens (tertiary/aromatic N) is 3. The van der Waals surface area contributed by atoms with E-state index in [1.54, 1.807) is 31.3 Å². The Hall–Kier alpha value is -3.24. The Morgan fingerprint density at radius 3 is 2.62 bits per heavy atom. The Morgan fingerprint density at radius 2 is 1.91 bits per heavy atom. The first-order valence-corrected chi connectivity index (χ1v) is 9.86. The number of alkyl halides is 3. The maximum absolute atomic E-state index is 13.2. The van der Waals surface area contributed by atoms with Gasteiger partial charge in [0.2, 0.25) is 5.91 Å². The van der Waals surface area contributed by atoms with Crippen molar-refractivity contribution in [3.05, 3.63) is 69.2 Å². The predicted octanol–water partition coefficient (Wildman–Crippen LogP) is 3.36. The third-order valence-electron chi connectivity index (χ3n) is 5.23. The van der Waals surface area contributed by atoms with Crippen LogP contribution in [0.5, 0.6) is 0 Å². The Labute approximate surface area is 184 Å². The number of nitrogens with one attached hydrogen (secondary N) is 1. The molecule has 1 aliphatic heterocycles. The lowest BCUT2D eigenvalue weighted by molar-refractivity contribution is -0.137. The van der Waals surface area contributed by atoms with Crippen LogP contribution in [-0.2, 0) is 22.3 Å². The SMILES string of the molecule is CN(Cc1nc2ccccc2c(=O)[nH]1)[C@@H]1CC(=O)N(c2ccc(Cl)c(C(F)(F)F)c2)C1=O. The van der Waals surface area contributed by atoms with Crippen LogP contribution in [-0.4, -0.2) is 39.8 Å². The molecule has 3 aromatic rings. The van der Waals surface area contributed by atoms with Crippen molar-refractivity contribution >= 4 is 40.0 Å². The molecule has 1 aliphatic rings. The van der Waals surface area contributed by atoms with Gasteiger partial charge in [0.1, 0.15) is 5.82 Å². The van der Waals surface area contributed by atoms with E-state index in [4.69, 9.17) is 11.6 Å². The first kappa shape index (κ1) is 22.0. The van der Waals surface area contributed by atoms with E-state index in [0.29, 0.717) is 22.8 Å². The number of carbonyl (C=O) groups is 2. The van der Waals surface area contributed by atoms with E-state index in [9.17, 15) is 27.6 Å². The zero-order valence-electron chi connectivity index (χ0n) is 16.6. The van der Waals surface area contributed by atoms with Crippen molar-refractivity contribution in [3.63, 3.8) is 0 Å². The van der Waals surface area contributed by atoms with E-state index in [1.807, 2.05) is 0 Å². The number of imide groups is 1. The first-order valence-electron chi connectivity index (χ1n) is 9.48.